The Hall–Kier alpha value is -2.20. The van der Waals surface area contributed by atoms with Crippen LogP contribution in [-0.4, -0.2) is 5.16 Å². The molecule has 1 nitrogen and oxygen atoms in total. The van der Waals surface area contributed by atoms with E-state index in [4.69, 9.17) is 0 Å². The van der Waals surface area contributed by atoms with Crippen molar-refractivity contribution in [1.29, 1.82) is 0 Å². The van der Waals surface area contributed by atoms with Gasteiger partial charge in [0.25, 0.3) is 0 Å². The molecule has 126 valence electrons. The zero-order valence-electron chi connectivity index (χ0n) is 14.7. The standard InChI is InChI=1S/C23H23NS/c1-2-18-5-11-21(12-6-18)22-13-7-19(8-14-22)3-4-20-9-15-23(16-10-20)24-17-25/h7-10,13-16,18,21H,2,5-6,11-12H2,1H3. The second kappa shape index (κ2) is 8.77. The summed E-state index contributed by atoms with van der Waals surface area (Å²) >= 11 is 4.61. The summed E-state index contributed by atoms with van der Waals surface area (Å²) in [4.78, 5) is 3.95. The van der Waals surface area contributed by atoms with Crippen molar-refractivity contribution < 1.29 is 0 Å². The second-order valence-corrected chi connectivity index (χ2v) is 6.93. The largest absolute Gasteiger partial charge is 0.195 e. The Kier molecular flexibility index (Phi) is 6.18. The summed E-state index contributed by atoms with van der Waals surface area (Å²) in [6.45, 7) is 2.32. The van der Waals surface area contributed by atoms with Crippen molar-refractivity contribution in [3.05, 3.63) is 65.2 Å². The third-order valence-electron chi connectivity index (χ3n) is 5.20. The number of rotatable bonds is 3. The fourth-order valence-electron chi connectivity index (χ4n) is 3.56. The minimum atomic E-state index is 0.735. The van der Waals surface area contributed by atoms with Crippen LogP contribution in [0.4, 0.5) is 5.69 Å². The van der Waals surface area contributed by atoms with Crippen molar-refractivity contribution >= 4 is 23.1 Å². The van der Waals surface area contributed by atoms with E-state index in [-0.39, 0.29) is 0 Å². The van der Waals surface area contributed by atoms with Crippen LogP contribution in [0, 0.1) is 17.8 Å². The van der Waals surface area contributed by atoms with Crippen LogP contribution in [0.1, 0.15) is 61.6 Å². The van der Waals surface area contributed by atoms with Crippen molar-refractivity contribution in [3.8, 4) is 11.8 Å². The van der Waals surface area contributed by atoms with Gasteiger partial charge in [0.2, 0.25) is 0 Å². The highest BCUT2D eigenvalue weighted by atomic mass is 32.1. The van der Waals surface area contributed by atoms with Gasteiger partial charge in [0.1, 0.15) is 0 Å². The van der Waals surface area contributed by atoms with Crippen molar-refractivity contribution in [1.82, 2.24) is 0 Å². The molecule has 0 aromatic heterocycles. The van der Waals surface area contributed by atoms with Crippen LogP contribution in [0.25, 0.3) is 0 Å². The summed E-state index contributed by atoms with van der Waals surface area (Å²) in [5.41, 5.74) is 4.32. The summed E-state index contributed by atoms with van der Waals surface area (Å²) < 4.78 is 0. The lowest BCUT2D eigenvalue weighted by molar-refractivity contribution is 0.319. The molecule has 3 rings (SSSR count). The van der Waals surface area contributed by atoms with Gasteiger partial charge < -0.3 is 0 Å². The Morgan fingerprint density at radius 3 is 1.96 bits per heavy atom. The van der Waals surface area contributed by atoms with Crippen molar-refractivity contribution in [2.45, 2.75) is 44.9 Å². The molecule has 1 saturated carbocycles. The molecule has 0 radical (unpaired) electrons. The van der Waals surface area contributed by atoms with E-state index in [9.17, 15) is 0 Å². The summed E-state index contributed by atoms with van der Waals surface area (Å²) in [5, 5.41) is 2.37. The molecular formula is C23H23NS. The van der Waals surface area contributed by atoms with Crippen LogP contribution in [0.2, 0.25) is 0 Å². The number of isothiocyanates is 1. The van der Waals surface area contributed by atoms with E-state index in [1.807, 2.05) is 24.3 Å². The van der Waals surface area contributed by atoms with Gasteiger partial charge in [0.15, 0.2) is 0 Å². The molecule has 2 aromatic rings. The lowest BCUT2D eigenvalue weighted by Gasteiger charge is -2.28. The van der Waals surface area contributed by atoms with E-state index in [0.717, 1.165) is 28.7 Å². The molecule has 0 bridgehead atoms. The maximum absolute atomic E-state index is 4.61. The molecule has 0 heterocycles. The molecule has 0 spiro atoms. The maximum atomic E-state index is 4.61. The summed E-state index contributed by atoms with van der Waals surface area (Å²) in [5.74, 6) is 8.13. The van der Waals surface area contributed by atoms with E-state index in [2.05, 4.69) is 65.4 Å². The third-order valence-corrected chi connectivity index (χ3v) is 5.29. The Balaban J connectivity index is 1.64. The molecule has 0 saturated heterocycles. The zero-order chi connectivity index (χ0) is 17.5. The first-order chi connectivity index (χ1) is 12.3. The fourth-order valence-corrected chi connectivity index (χ4v) is 3.66. The van der Waals surface area contributed by atoms with Crippen LogP contribution in [0.5, 0.6) is 0 Å². The number of nitrogens with zero attached hydrogens (tertiary/aromatic N) is 1. The summed E-state index contributed by atoms with van der Waals surface area (Å²) in [6, 6.07) is 16.5. The Morgan fingerprint density at radius 2 is 1.44 bits per heavy atom. The van der Waals surface area contributed by atoms with Gasteiger partial charge in [0, 0.05) is 11.1 Å². The number of hydrogen-bond acceptors (Lipinski definition) is 2. The molecule has 2 heteroatoms. The monoisotopic (exact) mass is 345 g/mol. The molecule has 2 aromatic carbocycles. The van der Waals surface area contributed by atoms with Crippen LogP contribution >= 0.6 is 12.2 Å². The number of benzene rings is 2. The van der Waals surface area contributed by atoms with E-state index < -0.39 is 0 Å². The van der Waals surface area contributed by atoms with Gasteiger partial charge in [-0.05, 0) is 91.7 Å². The first kappa shape index (κ1) is 17.6. The first-order valence-corrected chi connectivity index (χ1v) is 9.49. The SMILES string of the molecule is CCC1CCC(c2ccc(C#Cc3ccc(N=C=S)cc3)cc2)CC1. The Bertz CT molecular complexity index is 794. The van der Waals surface area contributed by atoms with E-state index >= 15 is 0 Å². The van der Waals surface area contributed by atoms with Gasteiger partial charge in [-0.3, -0.25) is 0 Å². The van der Waals surface area contributed by atoms with Crippen molar-refractivity contribution in [2.24, 2.45) is 10.9 Å². The topological polar surface area (TPSA) is 12.4 Å². The zero-order valence-corrected chi connectivity index (χ0v) is 15.5. The van der Waals surface area contributed by atoms with Gasteiger partial charge in [0.05, 0.1) is 10.8 Å². The Labute approximate surface area is 156 Å². The van der Waals surface area contributed by atoms with Crippen LogP contribution in [0.3, 0.4) is 0 Å². The predicted octanol–water partition coefficient (Wildman–Crippen LogP) is 6.50. The molecule has 0 amide bonds. The third kappa shape index (κ3) is 4.89. The molecule has 0 N–H and O–H groups in total. The lowest BCUT2D eigenvalue weighted by atomic mass is 9.78. The predicted molar refractivity (Wildman–Crippen MR) is 109 cm³/mol. The average Bonchev–Trinajstić information content (AvgIpc) is 2.68. The van der Waals surface area contributed by atoms with Gasteiger partial charge >= 0.3 is 0 Å². The van der Waals surface area contributed by atoms with E-state index in [1.165, 1.54) is 37.7 Å². The fraction of sp³-hybridized carbons (Fsp3) is 0.348. The molecule has 0 unspecified atom stereocenters. The van der Waals surface area contributed by atoms with Crippen LogP contribution < -0.4 is 0 Å². The number of aliphatic imine (C=N–C) groups is 1. The van der Waals surface area contributed by atoms with Crippen molar-refractivity contribution in [2.75, 3.05) is 0 Å². The molecule has 0 aliphatic heterocycles. The van der Waals surface area contributed by atoms with E-state index in [1.54, 1.807) is 0 Å². The van der Waals surface area contributed by atoms with Crippen LogP contribution in [0.15, 0.2) is 53.5 Å². The quantitative estimate of drug-likeness (QED) is 0.351. The van der Waals surface area contributed by atoms with Crippen LogP contribution in [-0.2, 0) is 0 Å². The Morgan fingerprint density at radius 1 is 0.880 bits per heavy atom. The van der Waals surface area contributed by atoms with Gasteiger partial charge in [-0.2, -0.15) is 4.99 Å². The minimum Gasteiger partial charge on any atom is -0.195 e. The van der Waals surface area contributed by atoms with E-state index in [0.29, 0.717) is 0 Å². The highest BCUT2D eigenvalue weighted by molar-refractivity contribution is 7.78. The molecule has 1 aliphatic rings. The maximum Gasteiger partial charge on any atom is 0.0740 e. The van der Waals surface area contributed by atoms with Gasteiger partial charge in [-0.25, -0.2) is 0 Å². The van der Waals surface area contributed by atoms with Crippen molar-refractivity contribution in [3.63, 3.8) is 0 Å². The number of thiocarbonyl (C=S) groups is 1. The molecule has 0 atom stereocenters. The summed E-state index contributed by atoms with van der Waals surface area (Å²) in [7, 11) is 0. The lowest BCUT2D eigenvalue weighted by Crippen LogP contribution is -2.12. The molecular weight excluding hydrogens is 322 g/mol. The minimum absolute atomic E-state index is 0.735. The normalized spacial score (nSPS) is 19.4. The first-order valence-electron chi connectivity index (χ1n) is 9.08. The summed E-state index contributed by atoms with van der Waals surface area (Å²) in [6.07, 6.45) is 6.76. The molecule has 1 aliphatic carbocycles. The second-order valence-electron chi connectivity index (χ2n) is 6.75. The highest BCUT2D eigenvalue weighted by Crippen LogP contribution is 2.36. The molecule has 1 fully saturated rings. The van der Waals surface area contributed by atoms with Gasteiger partial charge in [-0.15, -0.1) is 0 Å². The smallest absolute Gasteiger partial charge is 0.0740 e. The average molecular weight is 346 g/mol. The highest BCUT2D eigenvalue weighted by Gasteiger charge is 2.20. The van der Waals surface area contributed by atoms with Gasteiger partial charge in [-0.1, -0.05) is 37.3 Å². The molecule has 25 heavy (non-hydrogen) atoms. The number of hydrogen-bond donors (Lipinski definition) is 0.